The normalized spacial score (nSPS) is 31.4. The first-order valence-electron chi connectivity index (χ1n) is 7.18. The second kappa shape index (κ2) is 8.17. The Morgan fingerprint density at radius 2 is 2.11 bits per heavy atom. The van der Waals surface area contributed by atoms with Crippen molar-refractivity contribution in [3.8, 4) is 0 Å². The summed E-state index contributed by atoms with van der Waals surface area (Å²) < 4.78 is 17.1. The van der Waals surface area contributed by atoms with Crippen molar-refractivity contribution < 1.29 is 19.3 Å². The maximum absolute atomic E-state index is 10.0. The Morgan fingerprint density at radius 3 is 2.58 bits per heavy atom. The molecular formula is C14H29NO4. The summed E-state index contributed by atoms with van der Waals surface area (Å²) in [5.41, 5.74) is 0. The van der Waals surface area contributed by atoms with Gasteiger partial charge in [-0.25, -0.2) is 0 Å². The molecule has 0 aromatic rings. The van der Waals surface area contributed by atoms with Crippen LogP contribution in [-0.2, 0) is 14.2 Å². The Balaban J connectivity index is 2.56. The molecule has 1 fully saturated rings. The van der Waals surface area contributed by atoms with Gasteiger partial charge in [-0.15, -0.1) is 0 Å². The lowest BCUT2D eigenvalue weighted by Gasteiger charge is -2.38. The lowest BCUT2D eigenvalue weighted by Crippen LogP contribution is -2.51. The van der Waals surface area contributed by atoms with Crippen LogP contribution in [0.5, 0.6) is 0 Å². The Morgan fingerprint density at radius 1 is 1.42 bits per heavy atom. The molecule has 0 radical (unpaired) electrons. The largest absolute Gasteiger partial charge is 0.390 e. The van der Waals surface area contributed by atoms with E-state index in [0.29, 0.717) is 19.4 Å². The zero-order valence-electron chi connectivity index (χ0n) is 12.8. The molecule has 0 aliphatic carbocycles. The molecule has 1 rings (SSSR count). The molecule has 19 heavy (non-hydrogen) atoms. The van der Waals surface area contributed by atoms with Crippen LogP contribution < -0.4 is 5.32 Å². The molecule has 114 valence electrons. The SMILES string of the molecule is CC[C@H](O)[C@@H](O[C@H]1C[C@H](OC)[C@@H](NC)CO1)C(C)C. The highest BCUT2D eigenvalue weighted by Gasteiger charge is 2.34. The average molecular weight is 275 g/mol. The number of ether oxygens (including phenoxy) is 3. The number of rotatable bonds is 7. The third-order valence-electron chi connectivity index (χ3n) is 3.77. The van der Waals surface area contributed by atoms with Gasteiger partial charge in [0, 0.05) is 13.5 Å². The van der Waals surface area contributed by atoms with Crippen molar-refractivity contribution >= 4 is 0 Å². The van der Waals surface area contributed by atoms with Gasteiger partial charge >= 0.3 is 0 Å². The van der Waals surface area contributed by atoms with Crippen LogP contribution in [-0.4, -0.2) is 56.5 Å². The molecule has 0 aromatic heterocycles. The molecule has 0 saturated carbocycles. The van der Waals surface area contributed by atoms with Crippen molar-refractivity contribution in [3.63, 3.8) is 0 Å². The van der Waals surface area contributed by atoms with Crippen LogP contribution >= 0.6 is 0 Å². The second-order valence-electron chi connectivity index (χ2n) is 5.49. The molecule has 1 saturated heterocycles. The minimum absolute atomic E-state index is 0.0790. The third-order valence-corrected chi connectivity index (χ3v) is 3.77. The van der Waals surface area contributed by atoms with Gasteiger partial charge in [-0.2, -0.15) is 0 Å². The molecule has 0 aromatic carbocycles. The second-order valence-corrected chi connectivity index (χ2v) is 5.49. The third kappa shape index (κ3) is 4.68. The maximum atomic E-state index is 10.0. The highest BCUT2D eigenvalue weighted by molar-refractivity contribution is 4.82. The zero-order chi connectivity index (χ0) is 14.4. The lowest BCUT2D eigenvalue weighted by atomic mass is 9.99. The fourth-order valence-electron chi connectivity index (χ4n) is 2.46. The first kappa shape index (κ1) is 16.9. The number of nitrogens with one attached hydrogen (secondary N) is 1. The number of hydrogen-bond donors (Lipinski definition) is 2. The summed E-state index contributed by atoms with van der Waals surface area (Å²) in [7, 11) is 3.61. The predicted octanol–water partition coefficient (Wildman–Crippen LogP) is 1.15. The minimum Gasteiger partial charge on any atom is -0.390 e. The van der Waals surface area contributed by atoms with Gasteiger partial charge < -0.3 is 24.6 Å². The quantitative estimate of drug-likeness (QED) is 0.730. The maximum Gasteiger partial charge on any atom is 0.160 e. The van der Waals surface area contributed by atoms with Gasteiger partial charge in [0.05, 0.1) is 31.0 Å². The van der Waals surface area contributed by atoms with E-state index in [1.54, 1.807) is 7.11 Å². The first-order valence-corrected chi connectivity index (χ1v) is 7.18. The summed E-state index contributed by atoms with van der Waals surface area (Å²) in [4.78, 5) is 0. The Hall–Kier alpha value is -0.200. The number of aliphatic hydroxyl groups is 1. The van der Waals surface area contributed by atoms with E-state index < -0.39 is 6.10 Å². The monoisotopic (exact) mass is 275 g/mol. The lowest BCUT2D eigenvalue weighted by molar-refractivity contribution is -0.238. The van der Waals surface area contributed by atoms with Crippen molar-refractivity contribution in [1.29, 1.82) is 0 Å². The Labute approximate surface area is 116 Å². The fraction of sp³-hybridized carbons (Fsp3) is 1.00. The van der Waals surface area contributed by atoms with E-state index in [4.69, 9.17) is 14.2 Å². The van der Waals surface area contributed by atoms with Crippen molar-refractivity contribution in [3.05, 3.63) is 0 Å². The van der Waals surface area contributed by atoms with Gasteiger partial charge in [0.2, 0.25) is 0 Å². The van der Waals surface area contributed by atoms with Crippen LogP contribution in [0, 0.1) is 5.92 Å². The molecule has 5 nitrogen and oxygen atoms in total. The molecule has 0 amide bonds. The van der Waals surface area contributed by atoms with Crippen molar-refractivity contribution in [2.45, 2.75) is 64.3 Å². The van der Waals surface area contributed by atoms with Crippen LogP contribution in [0.25, 0.3) is 0 Å². The summed E-state index contributed by atoms with van der Waals surface area (Å²) in [6.45, 7) is 6.62. The van der Waals surface area contributed by atoms with Gasteiger partial charge in [0.15, 0.2) is 6.29 Å². The molecule has 1 aliphatic rings. The van der Waals surface area contributed by atoms with E-state index in [9.17, 15) is 5.11 Å². The van der Waals surface area contributed by atoms with Crippen molar-refractivity contribution in [2.75, 3.05) is 20.8 Å². The summed E-state index contributed by atoms with van der Waals surface area (Å²) in [5, 5.41) is 13.2. The number of methoxy groups -OCH3 is 1. The van der Waals surface area contributed by atoms with Gasteiger partial charge in [-0.1, -0.05) is 20.8 Å². The van der Waals surface area contributed by atoms with Crippen LogP contribution in [0.4, 0.5) is 0 Å². The molecule has 5 atom stereocenters. The summed E-state index contributed by atoms with van der Waals surface area (Å²) in [6.07, 6.45) is 0.494. The standard InChI is InChI=1S/C14H29NO4/c1-6-11(16)14(9(2)3)19-13-7-12(17-5)10(15-4)8-18-13/h9-16H,6-8H2,1-5H3/t10-,11-,12-,13-,14-/m0/s1. The molecule has 0 spiro atoms. The van der Waals surface area contributed by atoms with E-state index in [1.165, 1.54) is 0 Å². The molecule has 1 heterocycles. The molecular weight excluding hydrogens is 246 g/mol. The molecule has 5 heteroatoms. The fourth-order valence-corrected chi connectivity index (χ4v) is 2.46. The summed E-state index contributed by atoms with van der Waals surface area (Å²) in [5.74, 6) is 0.251. The van der Waals surface area contributed by atoms with Crippen LogP contribution in [0.2, 0.25) is 0 Å². The smallest absolute Gasteiger partial charge is 0.160 e. The van der Waals surface area contributed by atoms with Crippen molar-refractivity contribution in [2.24, 2.45) is 5.92 Å². The highest BCUT2D eigenvalue weighted by Crippen LogP contribution is 2.23. The van der Waals surface area contributed by atoms with Gasteiger partial charge in [-0.05, 0) is 19.4 Å². The average Bonchev–Trinajstić information content (AvgIpc) is 2.43. The topological polar surface area (TPSA) is 60.0 Å². The molecule has 1 aliphatic heterocycles. The zero-order valence-corrected chi connectivity index (χ0v) is 12.8. The number of aliphatic hydroxyl groups excluding tert-OH is 1. The van der Waals surface area contributed by atoms with Crippen LogP contribution in [0.15, 0.2) is 0 Å². The molecule has 0 bridgehead atoms. The molecule has 2 N–H and O–H groups in total. The van der Waals surface area contributed by atoms with E-state index in [-0.39, 0.29) is 30.5 Å². The first-order chi connectivity index (χ1) is 9.03. The van der Waals surface area contributed by atoms with Crippen LogP contribution in [0.3, 0.4) is 0 Å². The van der Waals surface area contributed by atoms with E-state index in [2.05, 4.69) is 19.2 Å². The van der Waals surface area contributed by atoms with Gasteiger partial charge in [-0.3, -0.25) is 0 Å². The van der Waals surface area contributed by atoms with Gasteiger partial charge in [0.1, 0.15) is 0 Å². The molecule has 0 unspecified atom stereocenters. The summed E-state index contributed by atoms with van der Waals surface area (Å²) >= 11 is 0. The van der Waals surface area contributed by atoms with Crippen molar-refractivity contribution in [1.82, 2.24) is 5.32 Å². The van der Waals surface area contributed by atoms with E-state index in [0.717, 1.165) is 0 Å². The van der Waals surface area contributed by atoms with Gasteiger partial charge in [0.25, 0.3) is 0 Å². The minimum atomic E-state index is -0.452. The van der Waals surface area contributed by atoms with E-state index in [1.807, 2.05) is 14.0 Å². The number of hydrogen-bond acceptors (Lipinski definition) is 5. The highest BCUT2D eigenvalue weighted by atomic mass is 16.7. The predicted molar refractivity (Wildman–Crippen MR) is 74.0 cm³/mol. The summed E-state index contributed by atoms with van der Waals surface area (Å²) in [6, 6.07) is 0.193. The van der Waals surface area contributed by atoms with E-state index >= 15 is 0 Å². The number of likely N-dealkylation sites (N-methyl/N-ethyl adjacent to an activating group) is 1. The Kier molecular flexibility index (Phi) is 7.25. The van der Waals surface area contributed by atoms with Crippen LogP contribution in [0.1, 0.15) is 33.6 Å². The Bertz CT molecular complexity index is 250.